The SMILES string of the molecule is Cc1nc(C2CC2)oc1C(=O)NC(CCC(C)(C)C)C(=O)O. The van der Waals surface area contributed by atoms with E-state index in [9.17, 15) is 14.7 Å². The predicted octanol–water partition coefficient (Wildman–Crippen LogP) is 2.87. The first kappa shape index (κ1) is 16.5. The van der Waals surface area contributed by atoms with E-state index in [1.165, 1.54) is 0 Å². The van der Waals surface area contributed by atoms with Crippen LogP contribution in [0.3, 0.4) is 0 Å². The molecule has 0 spiro atoms. The topological polar surface area (TPSA) is 92.4 Å². The Morgan fingerprint density at radius 2 is 2.05 bits per heavy atom. The number of carboxylic acids is 1. The minimum atomic E-state index is -1.03. The molecule has 1 fully saturated rings. The molecule has 122 valence electrons. The average Bonchev–Trinajstić information content (AvgIpc) is 3.16. The summed E-state index contributed by atoms with van der Waals surface area (Å²) in [6.07, 6.45) is 3.15. The quantitative estimate of drug-likeness (QED) is 0.843. The van der Waals surface area contributed by atoms with Crippen LogP contribution in [-0.2, 0) is 4.79 Å². The second-order valence-electron chi connectivity index (χ2n) is 7.20. The van der Waals surface area contributed by atoms with Gasteiger partial charge in [0.2, 0.25) is 5.76 Å². The van der Waals surface area contributed by atoms with Crippen molar-refractivity contribution in [2.45, 2.75) is 65.3 Å². The molecule has 6 nitrogen and oxygen atoms in total. The Balaban J connectivity index is 2.02. The molecule has 1 amide bonds. The fraction of sp³-hybridized carbons (Fsp3) is 0.688. The van der Waals surface area contributed by atoms with E-state index >= 15 is 0 Å². The van der Waals surface area contributed by atoms with Crippen LogP contribution in [0.5, 0.6) is 0 Å². The number of hydrogen-bond acceptors (Lipinski definition) is 4. The Bertz CT molecular complexity index is 567. The number of aliphatic carboxylic acids is 1. The van der Waals surface area contributed by atoms with Crippen molar-refractivity contribution in [1.29, 1.82) is 0 Å². The van der Waals surface area contributed by atoms with E-state index in [0.717, 1.165) is 12.8 Å². The van der Waals surface area contributed by atoms with Gasteiger partial charge in [-0.1, -0.05) is 20.8 Å². The van der Waals surface area contributed by atoms with Gasteiger partial charge in [-0.05, 0) is 38.0 Å². The van der Waals surface area contributed by atoms with Gasteiger partial charge in [0.1, 0.15) is 6.04 Å². The summed E-state index contributed by atoms with van der Waals surface area (Å²) in [5, 5.41) is 11.8. The molecule has 0 saturated heterocycles. The van der Waals surface area contributed by atoms with Crippen molar-refractivity contribution in [1.82, 2.24) is 10.3 Å². The van der Waals surface area contributed by atoms with Gasteiger partial charge in [-0.3, -0.25) is 4.79 Å². The maximum atomic E-state index is 12.3. The Labute approximate surface area is 130 Å². The van der Waals surface area contributed by atoms with Gasteiger partial charge >= 0.3 is 5.97 Å². The van der Waals surface area contributed by atoms with Crippen LogP contribution >= 0.6 is 0 Å². The van der Waals surface area contributed by atoms with Gasteiger partial charge in [0, 0.05) is 5.92 Å². The highest BCUT2D eigenvalue weighted by Crippen LogP contribution is 2.40. The Morgan fingerprint density at radius 3 is 2.55 bits per heavy atom. The molecule has 1 atom stereocenters. The number of amides is 1. The van der Waals surface area contributed by atoms with Crippen LogP contribution < -0.4 is 5.32 Å². The van der Waals surface area contributed by atoms with Crippen molar-refractivity contribution < 1.29 is 19.1 Å². The first-order chi connectivity index (χ1) is 10.2. The second kappa shape index (κ2) is 6.10. The van der Waals surface area contributed by atoms with Crippen LogP contribution in [0.1, 0.15) is 74.5 Å². The van der Waals surface area contributed by atoms with E-state index in [1.54, 1.807) is 6.92 Å². The molecule has 0 aliphatic heterocycles. The van der Waals surface area contributed by atoms with Crippen molar-refractivity contribution in [3.63, 3.8) is 0 Å². The van der Waals surface area contributed by atoms with E-state index in [4.69, 9.17) is 4.42 Å². The van der Waals surface area contributed by atoms with Crippen LogP contribution in [0.4, 0.5) is 0 Å². The molecule has 1 aliphatic carbocycles. The van der Waals surface area contributed by atoms with Crippen LogP contribution in [0.15, 0.2) is 4.42 Å². The maximum absolute atomic E-state index is 12.3. The standard InChI is InChI=1S/C16H24N2O4/c1-9-12(22-14(17-9)10-5-6-10)13(19)18-11(15(20)21)7-8-16(2,3)4/h10-11H,5-8H2,1-4H3,(H,18,19)(H,20,21). The molecular formula is C16H24N2O4. The van der Waals surface area contributed by atoms with E-state index < -0.39 is 17.9 Å². The zero-order valence-electron chi connectivity index (χ0n) is 13.6. The molecular weight excluding hydrogens is 284 g/mol. The fourth-order valence-corrected chi connectivity index (χ4v) is 2.19. The lowest BCUT2D eigenvalue weighted by atomic mass is 9.88. The summed E-state index contributed by atoms with van der Waals surface area (Å²) < 4.78 is 5.51. The average molecular weight is 308 g/mol. The number of aryl methyl sites for hydroxylation is 1. The van der Waals surface area contributed by atoms with Crippen molar-refractivity contribution >= 4 is 11.9 Å². The van der Waals surface area contributed by atoms with E-state index in [0.29, 0.717) is 30.3 Å². The minimum absolute atomic E-state index is 0.0136. The molecule has 0 aromatic carbocycles. The Morgan fingerprint density at radius 1 is 1.41 bits per heavy atom. The number of aromatic nitrogens is 1. The minimum Gasteiger partial charge on any atom is -0.480 e. The summed E-state index contributed by atoms with van der Waals surface area (Å²) in [4.78, 5) is 27.8. The Kier molecular flexibility index (Phi) is 4.58. The summed E-state index contributed by atoms with van der Waals surface area (Å²) >= 11 is 0. The summed E-state index contributed by atoms with van der Waals surface area (Å²) in [5.41, 5.74) is 0.527. The molecule has 0 radical (unpaired) electrons. The highest BCUT2D eigenvalue weighted by molar-refractivity contribution is 5.95. The molecule has 1 aliphatic rings. The number of carbonyl (C=O) groups excluding carboxylic acids is 1. The molecule has 1 saturated carbocycles. The van der Waals surface area contributed by atoms with Gasteiger partial charge in [-0.15, -0.1) is 0 Å². The fourth-order valence-electron chi connectivity index (χ4n) is 2.19. The highest BCUT2D eigenvalue weighted by Gasteiger charge is 2.32. The summed E-state index contributed by atoms with van der Waals surface area (Å²) in [5.74, 6) is -0.500. The molecule has 1 heterocycles. The number of carbonyl (C=O) groups is 2. The third-order valence-electron chi connectivity index (χ3n) is 3.73. The Hall–Kier alpha value is -1.85. The van der Waals surface area contributed by atoms with Crippen LogP contribution in [0.25, 0.3) is 0 Å². The van der Waals surface area contributed by atoms with Gasteiger partial charge < -0.3 is 14.8 Å². The molecule has 1 aromatic rings. The maximum Gasteiger partial charge on any atom is 0.326 e. The van der Waals surface area contributed by atoms with Crippen molar-refractivity contribution in [2.75, 3.05) is 0 Å². The highest BCUT2D eigenvalue weighted by atomic mass is 16.4. The van der Waals surface area contributed by atoms with Gasteiger partial charge in [-0.2, -0.15) is 0 Å². The van der Waals surface area contributed by atoms with Crippen LogP contribution in [0.2, 0.25) is 0 Å². The third kappa shape index (κ3) is 4.32. The number of hydrogen-bond donors (Lipinski definition) is 2. The number of rotatable bonds is 6. The second-order valence-corrected chi connectivity index (χ2v) is 7.20. The van der Waals surface area contributed by atoms with Gasteiger partial charge in [0.05, 0.1) is 5.69 Å². The summed E-state index contributed by atoms with van der Waals surface area (Å²) in [7, 11) is 0. The third-order valence-corrected chi connectivity index (χ3v) is 3.73. The summed E-state index contributed by atoms with van der Waals surface area (Å²) in [6, 6.07) is -0.916. The molecule has 1 aromatic heterocycles. The number of nitrogens with one attached hydrogen (secondary N) is 1. The number of oxazole rings is 1. The van der Waals surface area contributed by atoms with E-state index in [-0.39, 0.29) is 11.2 Å². The lowest BCUT2D eigenvalue weighted by Crippen LogP contribution is -2.41. The zero-order valence-corrected chi connectivity index (χ0v) is 13.6. The lowest BCUT2D eigenvalue weighted by Gasteiger charge is -2.21. The largest absolute Gasteiger partial charge is 0.480 e. The van der Waals surface area contributed by atoms with Crippen molar-refractivity contribution in [2.24, 2.45) is 5.41 Å². The van der Waals surface area contributed by atoms with E-state index in [1.807, 2.05) is 20.8 Å². The van der Waals surface area contributed by atoms with E-state index in [2.05, 4.69) is 10.3 Å². The first-order valence-electron chi connectivity index (χ1n) is 7.68. The molecule has 2 rings (SSSR count). The van der Waals surface area contributed by atoms with Crippen LogP contribution in [-0.4, -0.2) is 28.0 Å². The first-order valence-corrected chi connectivity index (χ1v) is 7.68. The monoisotopic (exact) mass is 308 g/mol. The summed E-state index contributed by atoms with van der Waals surface area (Å²) in [6.45, 7) is 7.82. The molecule has 0 bridgehead atoms. The number of carboxylic acid groups (broad SMARTS) is 1. The zero-order chi connectivity index (χ0) is 16.5. The molecule has 6 heteroatoms. The molecule has 2 N–H and O–H groups in total. The lowest BCUT2D eigenvalue weighted by molar-refractivity contribution is -0.139. The van der Waals surface area contributed by atoms with Gasteiger partial charge in [0.25, 0.3) is 5.91 Å². The molecule has 1 unspecified atom stereocenters. The number of nitrogens with zero attached hydrogens (tertiary/aromatic N) is 1. The predicted molar refractivity (Wildman–Crippen MR) is 80.8 cm³/mol. The van der Waals surface area contributed by atoms with Crippen molar-refractivity contribution in [3.8, 4) is 0 Å². The smallest absolute Gasteiger partial charge is 0.326 e. The normalized spacial score (nSPS) is 16.4. The van der Waals surface area contributed by atoms with Crippen LogP contribution in [0, 0.1) is 12.3 Å². The van der Waals surface area contributed by atoms with Gasteiger partial charge in [0.15, 0.2) is 5.89 Å². The van der Waals surface area contributed by atoms with Crippen molar-refractivity contribution in [3.05, 3.63) is 17.3 Å². The van der Waals surface area contributed by atoms with Gasteiger partial charge in [-0.25, -0.2) is 9.78 Å². The molecule has 22 heavy (non-hydrogen) atoms.